The number of hydrogen-bond donors (Lipinski definition) is 2. The van der Waals surface area contributed by atoms with Crippen molar-refractivity contribution in [2.24, 2.45) is 22.4 Å². The minimum atomic E-state index is 0.0244. The normalized spacial score (nSPS) is 29.9. The third-order valence-electron chi connectivity index (χ3n) is 5.21. The Morgan fingerprint density at radius 3 is 3.00 bits per heavy atom. The fraction of sp³-hybridized carbons (Fsp3) is 0.529. The molecular weight excluding hydrogens is 280 g/mol. The van der Waals surface area contributed by atoms with Gasteiger partial charge in [-0.25, -0.2) is 5.43 Å². The minimum absolute atomic E-state index is 0.0244. The Labute approximate surface area is 130 Å². The molecule has 2 N–H and O–H groups in total. The van der Waals surface area contributed by atoms with E-state index in [0.717, 1.165) is 18.4 Å². The van der Waals surface area contributed by atoms with Gasteiger partial charge in [0.1, 0.15) is 0 Å². The van der Waals surface area contributed by atoms with E-state index in [1.165, 1.54) is 20.0 Å². The summed E-state index contributed by atoms with van der Waals surface area (Å²) in [5.74, 6) is 1.14. The number of aromatic hydroxyl groups is 1. The van der Waals surface area contributed by atoms with Crippen molar-refractivity contribution in [3.8, 4) is 11.5 Å². The van der Waals surface area contributed by atoms with E-state index in [2.05, 4.69) is 17.5 Å². The summed E-state index contributed by atoms with van der Waals surface area (Å²) in [6.45, 7) is 2.22. The Morgan fingerprint density at radius 2 is 2.32 bits per heavy atom. The summed E-state index contributed by atoms with van der Waals surface area (Å²) in [5, 5.41) is 13.6. The second kappa shape index (κ2) is 5.63. The van der Waals surface area contributed by atoms with Crippen molar-refractivity contribution in [3.05, 3.63) is 23.8 Å². The van der Waals surface area contributed by atoms with Gasteiger partial charge in [-0.2, -0.15) is 5.10 Å². The summed E-state index contributed by atoms with van der Waals surface area (Å²) in [6, 6.07) is 4.92. The summed E-state index contributed by atoms with van der Waals surface area (Å²) in [7, 11) is 1.49. The number of hydrazone groups is 1. The smallest absolute Gasteiger partial charge is 0.244 e. The van der Waals surface area contributed by atoms with E-state index < -0.39 is 0 Å². The van der Waals surface area contributed by atoms with E-state index in [1.54, 1.807) is 24.4 Å². The molecule has 3 rings (SSSR count). The largest absolute Gasteiger partial charge is 0.504 e. The molecule has 2 aliphatic rings. The number of phenolic OH excluding ortho intramolecular Hbond substituents is 1. The predicted molar refractivity (Wildman–Crippen MR) is 84.0 cm³/mol. The lowest BCUT2D eigenvalue weighted by atomic mass is 9.90. The van der Waals surface area contributed by atoms with Crippen LogP contribution in [0.25, 0.3) is 0 Å². The van der Waals surface area contributed by atoms with Gasteiger partial charge in [0.15, 0.2) is 11.5 Å². The van der Waals surface area contributed by atoms with Crippen LogP contribution in [0.5, 0.6) is 11.5 Å². The van der Waals surface area contributed by atoms with Gasteiger partial charge in [-0.05, 0) is 47.9 Å². The Morgan fingerprint density at radius 1 is 1.50 bits per heavy atom. The van der Waals surface area contributed by atoms with Crippen molar-refractivity contribution >= 4 is 12.1 Å². The van der Waals surface area contributed by atoms with Crippen LogP contribution in [0, 0.1) is 17.3 Å². The molecule has 118 valence electrons. The number of amides is 1. The number of hydrogen-bond acceptors (Lipinski definition) is 4. The lowest BCUT2D eigenvalue weighted by Gasteiger charge is -2.15. The number of phenols is 1. The van der Waals surface area contributed by atoms with Crippen molar-refractivity contribution < 1.29 is 14.6 Å². The van der Waals surface area contributed by atoms with Gasteiger partial charge in [-0.15, -0.1) is 0 Å². The third kappa shape index (κ3) is 2.56. The number of nitrogens with zero attached hydrogens (tertiary/aromatic N) is 1. The van der Waals surface area contributed by atoms with Gasteiger partial charge in [0.2, 0.25) is 5.91 Å². The van der Waals surface area contributed by atoms with Gasteiger partial charge in [0.25, 0.3) is 0 Å². The highest BCUT2D eigenvalue weighted by atomic mass is 16.5. The molecule has 1 aromatic carbocycles. The van der Waals surface area contributed by atoms with Crippen molar-refractivity contribution in [2.75, 3.05) is 7.11 Å². The van der Waals surface area contributed by atoms with E-state index >= 15 is 0 Å². The van der Waals surface area contributed by atoms with Crippen LogP contribution in [0.4, 0.5) is 0 Å². The van der Waals surface area contributed by atoms with Crippen molar-refractivity contribution in [1.29, 1.82) is 0 Å². The Hall–Kier alpha value is -2.04. The molecule has 0 aliphatic heterocycles. The van der Waals surface area contributed by atoms with Gasteiger partial charge in [0.05, 0.1) is 13.3 Å². The fourth-order valence-electron chi connectivity index (χ4n) is 3.86. The highest BCUT2D eigenvalue weighted by Gasteiger charge is 2.64. The first kappa shape index (κ1) is 14.9. The summed E-state index contributed by atoms with van der Waals surface area (Å²) >= 11 is 0. The number of nitrogens with one attached hydrogen (secondary N) is 1. The van der Waals surface area contributed by atoms with E-state index in [9.17, 15) is 9.90 Å². The fourth-order valence-corrected chi connectivity index (χ4v) is 3.86. The van der Waals surface area contributed by atoms with Crippen LogP contribution in [0.1, 0.15) is 38.2 Å². The number of carbonyl (C=O) groups excluding carboxylic acids is 1. The van der Waals surface area contributed by atoms with Gasteiger partial charge in [-0.3, -0.25) is 4.79 Å². The number of methoxy groups -OCH3 is 1. The van der Waals surface area contributed by atoms with E-state index in [1.807, 2.05) is 0 Å². The molecule has 0 unspecified atom stereocenters. The zero-order chi connectivity index (χ0) is 15.7. The highest BCUT2D eigenvalue weighted by Crippen LogP contribution is 2.66. The molecule has 3 atom stereocenters. The number of carbonyl (C=O) groups is 1. The van der Waals surface area contributed by atoms with E-state index in [4.69, 9.17) is 4.74 Å². The number of rotatable bonds is 4. The van der Waals surface area contributed by atoms with Crippen LogP contribution < -0.4 is 10.2 Å². The zero-order valence-corrected chi connectivity index (χ0v) is 13.0. The first-order valence-corrected chi connectivity index (χ1v) is 7.76. The van der Waals surface area contributed by atoms with Crippen molar-refractivity contribution in [1.82, 2.24) is 5.43 Å². The summed E-state index contributed by atoms with van der Waals surface area (Å²) < 4.78 is 5.04. The van der Waals surface area contributed by atoms with Crippen LogP contribution >= 0.6 is 0 Å². The second-order valence-electron chi connectivity index (χ2n) is 6.50. The van der Waals surface area contributed by atoms with Crippen molar-refractivity contribution in [2.45, 2.75) is 32.6 Å². The number of fused-ring (bicyclic) bond motifs is 1. The predicted octanol–water partition coefficient (Wildman–Crippen LogP) is 2.68. The Kier molecular flexibility index (Phi) is 3.81. The van der Waals surface area contributed by atoms with E-state index in [0.29, 0.717) is 11.7 Å². The lowest BCUT2D eigenvalue weighted by molar-refractivity contribution is -0.123. The van der Waals surface area contributed by atoms with E-state index in [-0.39, 0.29) is 23.0 Å². The number of benzene rings is 1. The minimum Gasteiger partial charge on any atom is -0.504 e. The monoisotopic (exact) mass is 302 g/mol. The second-order valence-corrected chi connectivity index (χ2v) is 6.50. The Bertz CT molecular complexity index is 614. The highest BCUT2D eigenvalue weighted by molar-refractivity contribution is 5.86. The maximum absolute atomic E-state index is 12.3. The van der Waals surface area contributed by atoms with Crippen LogP contribution in [0.15, 0.2) is 23.3 Å². The topological polar surface area (TPSA) is 70.9 Å². The van der Waals surface area contributed by atoms with Crippen LogP contribution in [-0.4, -0.2) is 24.3 Å². The maximum Gasteiger partial charge on any atom is 0.244 e. The average Bonchev–Trinajstić information content (AvgIpc) is 3.14. The van der Waals surface area contributed by atoms with Crippen LogP contribution in [0.2, 0.25) is 0 Å². The lowest BCUT2D eigenvalue weighted by Crippen LogP contribution is -2.22. The standard InChI is InChI=1S/C17H22N2O3/c1-17-8-4-3-5-12(17)15(17)16(21)19-18-10-11-6-7-13(20)14(9-11)22-2/h6-7,9-10,12,15,20H,3-5,8H2,1-2H3,(H,19,21)/b18-10-/t12-,15-,17+/m1/s1. The third-order valence-corrected chi connectivity index (χ3v) is 5.21. The van der Waals surface area contributed by atoms with Gasteiger partial charge >= 0.3 is 0 Å². The summed E-state index contributed by atoms with van der Waals surface area (Å²) in [4.78, 5) is 12.3. The molecule has 0 bridgehead atoms. The molecule has 22 heavy (non-hydrogen) atoms. The molecule has 2 fully saturated rings. The summed E-state index contributed by atoms with van der Waals surface area (Å²) in [5.41, 5.74) is 3.61. The molecule has 5 nitrogen and oxygen atoms in total. The molecular formula is C17H22N2O3. The molecule has 2 saturated carbocycles. The molecule has 0 radical (unpaired) electrons. The van der Waals surface area contributed by atoms with Crippen molar-refractivity contribution in [3.63, 3.8) is 0 Å². The first-order chi connectivity index (χ1) is 10.6. The Balaban J connectivity index is 1.59. The molecule has 2 aliphatic carbocycles. The van der Waals surface area contributed by atoms with Gasteiger partial charge < -0.3 is 9.84 Å². The zero-order valence-electron chi connectivity index (χ0n) is 13.0. The number of ether oxygens (including phenoxy) is 1. The molecule has 1 aromatic rings. The quantitative estimate of drug-likeness (QED) is 0.663. The maximum atomic E-state index is 12.3. The van der Waals surface area contributed by atoms with Crippen LogP contribution in [-0.2, 0) is 4.79 Å². The first-order valence-electron chi connectivity index (χ1n) is 7.76. The molecule has 0 aromatic heterocycles. The molecule has 0 saturated heterocycles. The molecule has 0 spiro atoms. The van der Waals surface area contributed by atoms with Crippen LogP contribution in [0.3, 0.4) is 0 Å². The molecule has 5 heteroatoms. The average molecular weight is 302 g/mol. The van der Waals surface area contributed by atoms with Gasteiger partial charge in [0, 0.05) is 5.92 Å². The molecule has 0 heterocycles. The molecule has 1 amide bonds. The summed E-state index contributed by atoms with van der Waals surface area (Å²) in [6.07, 6.45) is 6.34. The SMILES string of the molecule is COc1cc(/C=N\NC(=O)[C@H]2[C@H]3CCCC[C@@]32C)ccc1O. The van der Waals surface area contributed by atoms with Gasteiger partial charge in [-0.1, -0.05) is 19.8 Å².